The number of aromatic nitrogens is 2. The molecule has 0 amide bonds. The summed E-state index contributed by atoms with van der Waals surface area (Å²) in [6, 6.07) is 5.59. The summed E-state index contributed by atoms with van der Waals surface area (Å²) < 4.78 is 16.1. The van der Waals surface area contributed by atoms with Crippen LogP contribution in [0.5, 0.6) is 17.2 Å². The van der Waals surface area contributed by atoms with E-state index in [0.717, 1.165) is 37.4 Å². The van der Waals surface area contributed by atoms with Crippen molar-refractivity contribution in [3.63, 3.8) is 0 Å². The number of hydrogen-bond acceptors (Lipinski definition) is 7. The highest BCUT2D eigenvalue weighted by molar-refractivity contribution is 5.66. The molecular formula is C19H28N4O3. The fraction of sp³-hybridized carbons (Fsp3) is 0.474. The molecule has 1 aromatic heterocycles. The molecule has 0 saturated heterocycles. The number of hydrogen-bond donors (Lipinski definition) is 1. The Balaban J connectivity index is 2.29. The van der Waals surface area contributed by atoms with Crippen molar-refractivity contribution in [1.82, 2.24) is 9.97 Å². The maximum Gasteiger partial charge on any atom is 0.229 e. The lowest BCUT2D eigenvalue weighted by molar-refractivity contribution is 0.324. The molecule has 1 aromatic carbocycles. The highest BCUT2D eigenvalue weighted by Gasteiger charge is 2.14. The topological polar surface area (TPSA) is 68.7 Å². The molecule has 1 N–H and O–H groups in total. The highest BCUT2D eigenvalue weighted by Crippen LogP contribution is 2.40. The Bertz CT molecular complexity index is 678. The Morgan fingerprint density at radius 1 is 0.962 bits per heavy atom. The van der Waals surface area contributed by atoms with E-state index in [1.807, 2.05) is 18.2 Å². The normalized spacial score (nSPS) is 10.3. The van der Waals surface area contributed by atoms with E-state index in [0.29, 0.717) is 23.2 Å². The van der Waals surface area contributed by atoms with E-state index in [1.165, 1.54) is 0 Å². The molecule has 2 aromatic rings. The summed E-state index contributed by atoms with van der Waals surface area (Å²) >= 11 is 0. The van der Waals surface area contributed by atoms with Crippen LogP contribution >= 0.6 is 0 Å². The average molecular weight is 360 g/mol. The first-order valence-electron chi connectivity index (χ1n) is 8.81. The lowest BCUT2D eigenvalue weighted by Crippen LogP contribution is -2.26. The largest absolute Gasteiger partial charge is 0.493 e. The number of nitrogens with one attached hydrogen (secondary N) is 1. The maximum atomic E-state index is 5.39. The number of nitrogens with zero attached hydrogens (tertiary/aromatic N) is 3. The van der Waals surface area contributed by atoms with Gasteiger partial charge in [0.15, 0.2) is 11.5 Å². The molecular weight excluding hydrogens is 332 g/mol. The second kappa shape index (κ2) is 9.70. The third-order valence-electron chi connectivity index (χ3n) is 3.87. The zero-order chi connectivity index (χ0) is 18.9. The lowest BCUT2D eigenvalue weighted by atomic mass is 10.2. The minimum Gasteiger partial charge on any atom is -0.493 e. The van der Waals surface area contributed by atoms with Crippen LogP contribution < -0.4 is 24.4 Å². The Morgan fingerprint density at radius 3 is 2.08 bits per heavy atom. The van der Waals surface area contributed by atoms with Crippen molar-refractivity contribution in [1.29, 1.82) is 0 Å². The van der Waals surface area contributed by atoms with E-state index in [9.17, 15) is 0 Å². The van der Waals surface area contributed by atoms with Gasteiger partial charge in [-0.15, -0.1) is 0 Å². The van der Waals surface area contributed by atoms with Gasteiger partial charge in [0.2, 0.25) is 11.7 Å². The van der Waals surface area contributed by atoms with E-state index in [1.54, 1.807) is 27.5 Å². The van der Waals surface area contributed by atoms with Crippen LogP contribution in [0.15, 0.2) is 24.4 Å². The molecule has 0 aliphatic carbocycles. The predicted molar refractivity (Wildman–Crippen MR) is 104 cm³/mol. The number of benzene rings is 1. The Kier molecular flexibility index (Phi) is 7.32. The molecule has 0 spiro atoms. The molecule has 142 valence electrons. The van der Waals surface area contributed by atoms with Crippen molar-refractivity contribution < 1.29 is 14.2 Å². The molecule has 0 unspecified atom stereocenters. The van der Waals surface area contributed by atoms with Gasteiger partial charge >= 0.3 is 0 Å². The molecule has 26 heavy (non-hydrogen) atoms. The summed E-state index contributed by atoms with van der Waals surface area (Å²) in [6.45, 7) is 6.26. The van der Waals surface area contributed by atoms with Crippen molar-refractivity contribution in [2.24, 2.45) is 0 Å². The summed E-state index contributed by atoms with van der Waals surface area (Å²) in [5.74, 6) is 3.13. The number of anilines is 3. The van der Waals surface area contributed by atoms with Gasteiger partial charge in [-0.1, -0.05) is 13.8 Å². The van der Waals surface area contributed by atoms with Crippen LogP contribution in [0.2, 0.25) is 0 Å². The molecule has 0 atom stereocenters. The first kappa shape index (κ1) is 19.6. The first-order valence-corrected chi connectivity index (χ1v) is 8.81. The molecule has 2 rings (SSSR count). The predicted octanol–water partition coefficient (Wildman–Crippen LogP) is 3.87. The molecule has 0 radical (unpaired) electrons. The average Bonchev–Trinajstić information content (AvgIpc) is 2.67. The van der Waals surface area contributed by atoms with E-state index in [2.05, 4.69) is 34.0 Å². The van der Waals surface area contributed by atoms with Gasteiger partial charge in [0, 0.05) is 37.1 Å². The second-order valence-electron chi connectivity index (χ2n) is 5.76. The smallest absolute Gasteiger partial charge is 0.229 e. The quantitative estimate of drug-likeness (QED) is 0.689. The van der Waals surface area contributed by atoms with E-state index >= 15 is 0 Å². The zero-order valence-corrected chi connectivity index (χ0v) is 16.2. The number of rotatable bonds is 10. The number of ether oxygens (including phenoxy) is 3. The van der Waals surface area contributed by atoms with Crippen molar-refractivity contribution in [2.45, 2.75) is 26.7 Å². The van der Waals surface area contributed by atoms with E-state index in [4.69, 9.17) is 14.2 Å². The van der Waals surface area contributed by atoms with Gasteiger partial charge in [0.25, 0.3) is 0 Å². The van der Waals surface area contributed by atoms with Crippen molar-refractivity contribution in [3.05, 3.63) is 24.4 Å². The van der Waals surface area contributed by atoms with Gasteiger partial charge in [0.05, 0.1) is 21.3 Å². The number of methoxy groups -OCH3 is 3. The van der Waals surface area contributed by atoms with Crippen LogP contribution in [0, 0.1) is 0 Å². The summed E-state index contributed by atoms with van der Waals surface area (Å²) in [7, 11) is 4.76. The van der Waals surface area contributed by atoms with Crippen LogP contribution in [0.25, 0.3) is 0 Å². The summed E-state index contributed by atoms with van der Waals surface area (Å²) in [5, 5.41) is 3.22. The molecule has 0 saturated carbocycles. The summed E-state index contributed by atoms with van der Waals surface area (Å²) in [4.78, 5) is 11.2. The van der Waals surface area contributed by atoms with Gasteiger partial charge in [-0.05, 0) is 18.9 Å². The zero-order valence-electron chi connectivity index (χ0n) is 16.2. The van der Waals surface area contributed by atoms with Crippen molar-refractivity contribution >= 4 is 17.5 Å². The van der Waals surface area contributed by atoms with Gasteiger partial charge in [-0.25, -0.2) is 4.98 Å². The molecule has 0 bridgehead atoms. The van der Waals surface area contributed by atoms with Gasteiger partial charge in [-0.2, -0.15) is 4.98 Å². The maximum absolute atomic E-state index is 5.39. The van der Waals surface area contributed by atoms with Crippen LogP contribution in [0.3, 0.4) is 0 Å². The second-order valence-corrected chi connectivity index (χ2v) is 5.76. The minimum atomic E-state index is 0.522. The fourth-order valence-corrected chi connectivity index (χ4v) is 2.75. The highest BCUT2D eigenvalue weighted by atomic mass is 16.5. The molecule has 7 nitrogen and oxygen atoms in total. The monoisotopic (exact) mass is 360 g/mol. The van der Waals surface area contributed by atoms with Crippen LogP contribution in [-0.2, 0) is 0 Å². The molecule has 0 aliphatic rings. The Labute approximate surface area is 155 Å². The van der Waals surface area contributed by atoms with Crippen LogP contribution in [0.4, 0.5) is 17.5 Å². The van der Waals surface area contributed by atoms with Crippen LogP contribution in [0.1, 0.15) is 26.7 Å². The molecule has 0 aliphatic heterocycles. The van der Waals surface area contributed by atoms with Crippen molar-refractivity contribution in [3.8, 4) is 17.2 Å². The van der Waals surface area contributed by atoms with Gasteiger partial charge in [-0.3, -0.25) is 0 Å². The fourth-order valence-electron chi connectivity index (χ4n) is 2.75. The third-order valence-corrected chi connectivity index (χ3v) is 3.87. The Morgan fingerprint density at radius 2 is 1.58 bits per heavy atom. The van der Waals surface area contributed by atoms with E-state index in [-0.39, 0.29) is 0 Å². The van der Waals surface area contributed by atoms with Crippen molar-refractivity contribution in [2.75, 3.05) is 44.6 Å². The standard InChI is InChI=1S/C19H28N4O3/c1-6-10-23(11-7-2)17-8-9-20-19(22-17)21-14-12-15(24-3)18(26-5)16(13-14)25-4/h8-9,12-13H,6-7,10-11H2,1-5H3,(H,20,21,22). The van der Waals surface area contributed by atoms with Gasteiger partial charge < -0.3 is 24.4 Å². The minimum absolute atomic E-state index is 0.522. The molecule has 1 heterocycles. The summed E-state index contributed by atoms with van der Waals surface area (Å²) in [6.07, 6.45) is 3.90. The third kappa shape index (κ3) is 4.68. The first-order chi connectivity index (χ1) is 12.7. The Hall–Kier alpha value is -2.70. The lowest BCUT2D eigenvalue weighted by Gasteiger charge is -2.22. The molecule has 0 fully saturated rings. The summed E-state index contributed by atoms with van der Waals surface area (Å²) in [5.41, 5.74) is 0.759. The molecule has 7 heteroatoms. The van der Waals surface area contributed by atoms with E-state index < -0.39 is 0 Å². The SMILES string of the molecule is CCCN(CCC)c1ccnc(Nc2cc(OC)c(OC)c(OC)c2)n1. The van der Waals surface area contributed by atoms with Gasteiger partial charge in [0.1, 0.15) is 5.82 Å². The van der Waals surface area contributed by atoms with Crippen LogP contribution in [-0.4, -0.2) is 44.4 Å².